The number of aryl methyl sites for hydroxylation is 1. The van der Waals surface area contributed by atoms with Crippen molar-refractivity contribution in [1.82, 2.24) is 14.5 Å². The predicted molar refractivity (Wildman–Crippen MR) is 82.5 cm³/mol. The fourth-order valence-corrected chi connectivity index (χ4v) is 2.83. The van der Waals surface area contributed by atoms with Gasteiger partial charge in [-0.05, 0) is 31.3 Å². The number of nitrogens with two attached hydrogens (primary N) is 1. The van der Waals surface area contributed by atoms with E-state index in [-0.39, 0.29) is 10.6 Å². The topological polar surface area (TPSA) is 102 Å². The van der Waals surface area contributed by atoms with E-state index in [9.17, 15) is 8.42 Å². The lowest BCUT2D eigenvalue weighted by atomic mass is 10.2. The van der Waals surface area contributed by atoms with E-state index in [4.69, 9.17) is 5.73 Å². The van der Waals surface area contributed by atoms with Crippen molar-refractivity contribution in [2.75, 3.05) is 24.6 Å². The number of anilines is 2. The summed E-state index contributed by atoms with van der Waals surface area (Å²) < 4.78 is 27.5. The predicted octanol–water partition coefficient (Wildman–Crippen LogP) is 0.565. The summed E-state index contributed by atoms with van der Waals surface area (Å²) in [6.07, 6.45) is 2.57. The molecule has 0 fully saturated rings. The van der Waals surface area contributed by atoms with Crippen molar-refractivity contribution in [2.45, 2.75) is 11.3 Å². The van der Waals surface area contributed by atoms with Crippen LogP contribution in [-0.4, -0.2) is 31.8 Å². The Kier molecular flexibility index (Phi) is 4.49. The second-order valence-corrected chi connectivity index (χ2v) is 6.44. The normalized spacial score (nSPS) is 11.5. The third-order valence-electron chi connectivity index (χ3n) is 3.20. The second-order valence-electron chi connectivity index (χ2n) is 4.58. The SMILES string of the molecule is CNS(=O)(=O)c1ccc(NCCc2ccnn2C)cc1N. The Morgan fingerprint density at radius 3 is 2.67 bits per heavy atom. The lowest BCUT2D eigenvalue weighted by Gasteiger charge is -2.10. The van der Waals surface area contributed by atoms with Crippen molar-refractivity contribution in [1.29, 1.82) is 0 Å². The molecule has 0 radical (unpaired) electrons. The lowest BCUT2D eigenvalue weighted by molar-refractivity contribution is 0.588. The van der Waals surface area contributed by atoms with Crippen LogP contribution in [0.15, 0.2) is 35.4 Å². The summed E-state index contributed by atoms with van der Waals surface area (Å²) in [7, 11) is -0.272. The van der Waals surface area contributed by atoms with Crippen LogP contribution in [0.4, 0.5) is 11.4 Å². The molecule has 1 aromatic heterocycles. The first-order chi connectivity index (χ1) is 9.94. The van der Waals surface area contributed by atoms with Crippen LogP contribution >= 0.6 is 0 Å². The number of hydrogen-bond acceptors (Lipinski definition) is 5. The molecule has 0 saturated carbocycles. The molecule has 0 aliphatic carbocycles. The minimum Gasteiger partial charge on any atom is -0.398 e. The van der Waals surface area contributed by atoms with E-state index in [0.717, 1.165) is 17.8 Å². The van der Waals surface area contributed by atoms with Crippen LogP contribution in [0.2, 0.25) is 0 Å². The van der Waals surface area contributed by atoms with Crippen molar-refractivity contribution < 1.29 is 8.42 Å². The zero-order chi connectivity index (χ0) is 15.5. The summed E-state index contributed by atoms with van der Waals surface area (Å²) in [5.41, 5.74) is 7.92. The summed E-state index contributed by atoms with van der Waals surface area (Å²) in [6.45, 7) is 0.705. The number of benzene rings is 1. The fraction of sp³-hybridized carbons (Fsp3) is 0.308. The minimum atomic E-state index is -3.52. The van der Waals surface area contributed by atoms with E-state index in [2.05, 4.69) is 15.1 Å². The molecule has 0 saturated heterocycles. The lowest BCUT2D eigenvalue weighted by Crippen LogP contribution is -2.20. The largest absolute Gasteiger partial charge is 0.398 e. The highest BCUT2D eigenvalue weighted by molar-refractivity contribution is 7.89. The molecule has 114 valence electrons. The summed E-state index contributed by atoms with van der Waals surface area (Å²) in [5.74, 6) is 0. The number of sulfonamides is 1. The van der Waals surface area contributed by atoms with Gasteiger partial charge in [0.2, 0.25) is 10.0 Å². The first kappa shape index (κ1) is 15.3. The highest BCUT2D eigenvalue weighted by atomic mass is 32.2. The van der Waals surface area contributed by atoms with Gasteiger partial charge < -0.3 is 11.1 Å². The smallest absolute Gasteiger partial charge is 0.242 e. The van der Waals surface area contributed by atoms with Crippen molar-refractivity contribution in [3.63, 3.8) is 0 Å². The first-order valence-electron chi connectivity index (χ1n) is 6.48. The first-order valence-corrected chi connectivity index (χ1v) is 7.96. The molecule has 8 heteroatoms. The Bertz CT molecular complexity index is 724. The summed E-state index contributed by atoms with van der Waals surface area (Å²) >= 11 is 0. The van der Waals surface area contributed by atoms with Crippen LogP contribution in [0.25, 0.3) is 0 Å². The maximum absolute atomic E-state index is 11.7. The van der Waals surface area contributed by atoms with E-state index >= 15 is 0 Å². The van der Waals surface area contributed by atoms with Gasteiger partial charge >= 0.3 is 0 Å². The van der Waals surface area contributed by atoms with Gasteiger partial charge in [0, 0.05) is 37.6 Å². The van der Waals surface area contributed by atoms with Crippen molar-refractivity contribution in [3.8, 4) is 0 Å². The van der Waals surface area contributed by atoms with Gasteiger partial charge in [-0.15, -0.1) is 0 Å². The Labute approximate surface area is 124 Å². The molecule has 0 unspecified atom stereocenters. The third-order valence-corrected chi connectivity index (χ3v) is 4.69. The van der Waals surface area contributed by atoms with E-state index in [1.807, 2.05) is 17.8 Å². The Morgan fingerprint density at radius 2 is 2.10 bits per heavy atom. The van der Waals surface area contributed by atoms with Gasteiger partial charge in [0.25, 0.3) is 0 Å². The number of nitrogen functional groups attached to an aromatic ring is 1. The van der Waals surface area contributed by atoms with Gasteiger partial charge in [0.15, 0.2) is 0 Å². The van der Waals surface area contributed by atoms with Crippen LogP contribution in [-0.2, 0) is 23.5 Å². The summed E-state index contributed by atoms with van der Waals surface area (Å²) in [6, 6.07) is 6.77. The van der Waals surface area contributed by atoms with Gasteiger partial charge in [-0.3, -0.25) is 4.68 Å². The standard InChI is InChI=1S/C13H19N5O2S/c1-15-21(19,20)13-4-3-10(9-12(13)14)16-7-5-11-6-8-17-18(11)2/h3-4,6,8-9,15-16H,5,7,14H2,1-2H3. The zero-order valence-corrected chi connectivity index (χ0v) is 12.8. The van der Waals surface area contributed by atoms with Gasteiger partial charge in [-0.1, -0.05) is 0 Å². The molecule has 2 aromatic rings. The van der Waals surface area contributed by atoms with Crippen LogP contribution in [0.5, 0.6) is 0 Å². The van der Waals surface area contributed by atoms with E-state index < -0.39 is 10.0 Å². The maximum atomic E-state index is 11.7. The zero-order valence-electron chi connectivity index (χ0n) is 12.0. The average Bonchev–Trinajstić information content (AvgIpc) is 2.84. The number of nitrogens with zero attached hydrogens (tertiary/aromatic N) is 2. The fourth-order valence-electron chi connectivity index (χ4n) is 1.99. The Balaban J connectivity index is 2.02. The highest BCUT2D eigenvalue weighted by Gasteiger charge is 2.15. The number of rotatable bonds is 6. The van der Waals surface area contributed by atoms with Gasteiger partial charge in [-0.2, -0.15) is 5.10 Å². The van der Waals surface area contributed by atoms with Crippen molar-refractivity contribution >= 4 is 21.4 Å². The molecule has 0 aliphatic rings. The molecular weight excluding hydrogens is 290 g/mol. The van der Waals surface area contributed by atoms with Crippen LogP contribution in [0.1, 0.15) is 5.69 Å². The molecule has 0 amide bonds. The van der Waals surface area contributed by atoms with Gasteiger partial charge in [-0.25, -0.2) is 13.1 Å². The van der Waals surface area contributed by atoms with Crippen LogP contribution in [0, 0.1) is 0 Å². The Hall–Kier alpha value is -2.06. The van der Waals surface area contributed by atoms with Crippen molar-refractivity contribution in [2.24, 2.45) is 7.05 Å². The average molecular weight is 309 g/mol. The van der Waals surface area contributed by atoms with Gasteiger partial charge in [0.1, 0.15) is 4.90 Å². The maximum Gasteiger partial charge on any atom is 0.242 e. The highest BCUT2D eigenvalue weighted by Crippen LogP contribution is 2.22. The monoisotopic (exact) mass is 309 g/mol. The Morgan fingerprint density at radius 1 is 1.33 bits per heavy atom. The van der Waals surface area contributed by atoms with Crippen LogP contribution in [0.3, 0.4) is 0 Å². The molecule has 2 rings (SSSR count). The third kappa shape index (κ3) is 3.53. The molecule has 0 atom stereocenters. The minimum absolute atomic E-state index is 0.0854. The van der Waals surface area contributed by atoms with Crippen LogP contribution < -0.4 is 15.8 Å². The summed E-state index contributed by atoms with van der Waals surface area (Å²) in [5, 5.41) is 7.31. The molecule has 21 heavy (non-hydrogen) atoms. The second kappa shape index (κ2) is 6.15. The van der Waals surface area contributed by atoms with E-state index in [1.54, 1.807) is 18.3 Å². The molecule has 0 bridgehead atoms. The number of aromatic nitrogens is 2. The van der Waals surface area contributed by atoms with Crippen molar-refractivity contribution in [3.05, 3.63) is 36.2 Å². The number of nitrogens with one attached hydrogen (secondary N) is 2. The molecule has 1 heterocycles. The molecule has 0 spiro atoms. The molecule has 0 aliphatic heterocycles. The quantitative estimate of drug-likeness (QED) is 0.677. The number of hydrogen-bond donors (Lipinski definition) is 3. The summed E-state index contributed by atoms with van der Waals surface area (Å²) in [4.78, 5) is 0.0854. The molecular formula is C13H19N5O2S. The molecule has 4 N–H and O–H groups in total. The van der Waals surface area contributed by atoms with E-state index in [0.29, 0.717) is 6.54 Å². The molecule has 1 aromatic carbocycles. The van der Waals surface area contributed by atoms with E-state index in [1.165, 1.54) is 13.1 Å². The van der Waals surface area contributed by atoms with Gasteiger partial charge in [0.05, 0.1) is 5.69 Å². The molecule has 7 nitrogen and oxygen atoms in total.